The zero-order chi connectivity index (χ0) is 22.1. The van der Waals surface area contributed by atoms with E-state index < -0.39 is 18.5 Å². The van der Waals surface area contributed by atoms with Crippen LogP contribution in [0.25, 0.3) is 0 Å². The number of Topliss-reactive ketones (excluding diaryl/α,β-unsaturated/α-hetero) is 2. The number of halogens is 1. The number of hydrogen-bond donors (Lipinski definition) is 2. The number of hydrogen-bond acceptors (Lipinski definition) is 6. The highest BCUT2D eigenvalue weighted by Gasteiger charge is 2.40. The number of benzene rings is 1. The first-order chi connectivity index (χ1) is 14.9. The molecule has 2 aliphatic carbocycles. The smallest absolute Gasteiger partial charge is 0.341 e. The minimum atomic E-state index is -1.10. The molecule has 3 aliphatic rings. The lowest BCUT2D eigenvalue weighted by Gasteiger charge is -2.37. The molecule has 31 heavy (non-hydrogen) atoms. The monoisotopic (exact) mass is 489 g/mol. The van der Waals surface area contributed by atoms with Crippen molar-refractivity contribution in [1.82, 2.24) is 5.32 Å². The van der Waals surface area contributed by atoms with Crippen molar-refractivity contribution in [2.45, 2.75) is 51.4 Å². The molecule has 7 nitrogen and oxygen atoms in total. The molecule has 0 unspecified atom stereocenters. The highest BCUT2D eigenvalue weighted by atomic mass is 79.9. The molecular weight excluding hydrogens is 466 g/mol. The van der Waals surface area contributed by atoms with Crippen molar-refractivity contribution in [3.05, 3.63) is 44.7 Å². The lowest BCUT2D eigenvalue weighted by molar-refractivity contribution is -0.139. The van der Waals surface area contributed by atoms with Crippen molar-refractivity contribution < 1.29 is 29.0 Å². The highest BCUT2D eigenvalue weighted by molar-refractivity contribution is 9.10. The summed E-state index contributed by atoms with van der Waals surface area (Å²) in [6, 6.07) is 3.56. The van der Waals surface area contributed by atoms with Crippen LogP contribution in [0.1, 0.15) is 56.9 Å². The summed E-state index contributed by atoms with van der Waals surface area (Å²) in [5, 5.41) is 12.4. The lowest BCUT2D eigenvalue weighted by atomic mass is 9.71. The van der Waals surface area contributed by atoms with Gasteiger partial charge in [0.15, 0.2) is 29.7 Å². The van der Waals surface area contributed by atoms with Gasteiger partial charge in [-0.05, 0) is 66.2 Å². The van der Waals surface area contributed by atoms with Crippen molar-refractivity contribution >= 4 is 33.5 Å². The number of carbonyl (C=O) groups is 3. The molecule has 0 radical (unpaired) electrons. The van der Waals surface area contributed by atoms with Crippen molar-refractivity contribution in [3.8, 4) is 11.5 Å². The first kappa shape index (κ1) is 21.6. The van der Waals surface area contributed by atoms with E-state index >= 15 is 0 Å². The zero-order valence-electron chi connectivity index (χ0n) is 17.3. The van der Waals surface area contributed by atoms with E-state index in [0.29, 0.717) is 40.8 Å². The fourth-order valence-corrected chi connectivity index (χ4v) is 5.18. The summed E-state index contributed by atoms with van der Waals surface area (Å²) < 4.78 is 11.7. The van der Waals surface area contributed by atoms with Gasteiger partial charge in [0.05, 0.1) is 11.1 Å². The second kappa shape index (κ2) is 8.86. The van der Waals surface area contributed by atoms with Crippen molar-refractivity contribution in [2.75, 3.05) is 13.2 Å². The van der Waals surface area contributed by atoms with Crippen LogP contribution < -0.4 is 14.8 Å². The van der Waals surface area contributed by atoms with E-state index in [4.69, 9.17) is 14.6 Å². The Morgan fingerprint density at radius 2 is 1.68 bits per heavy atom. The molecule has 2 N–H and O–H groups in total. The molecule has 0 atom stereocenters. The van der Waals surface area contributed by atoms with Gasteiger partial charge in [0.1, 0.15) is 0 Å². The Labute approximate surface area is 188 Å². The number of dihydropyridines is 1. The summed E-state index contributed by atoms with van der Waals surface area (Å²) in [5.41, 5.74) is 3.90. The Morgan fingerprint density at radius 3 is 2.23 bits per heavy atom. The zero-order valence-corrected chi connectivity index (χ0v) is 18.8. The Bertz CT molecular complexity index is 983. The van der Waals surface area contributed by atoms with Gasteiger partial charge in [0, 0.05) is 41.3 Å². The van der Waals surface area contributed by atoms with Crippen LogP contribution in [0.15, 0.2) is 39.1 Å². The molecule has 0 saturated heterocycles. The minimum absolute atomic E-state index is 0.0592. The largest absolute Gasteiger partial charge is 0.490 e. The number of ether oxygens (including phenoxy) is 2. The van der Waals surface area contributed by atoms with Gasteiger partial charge in [-0.25, -0.2) is 4.79 Å². The van der Waals surface area contributed by atoms with Crippen molar-refractivity contribution in [2.24, 2.45) is 0 Å². The molecular formula is C23H24BrNO6. The Morgan fingerprint density at radius 1 is 1.06 bits per heavy atom. The van der Waals surface area contributed by atoms with Crippen molar-refractivity contribution in [3.63, 3.8) is 0 Å². The van der Waals surface area contributed by atoms with Crippen LogP contribution in [0.2, 0.25) is 0 Å². The van der Waals surface area contributed by atoms with Crippen LogP contribution in [0.4, 0.5) is 0 Å². The van der Waals surface area contributed by atoms with E-state index in [-0.39, 0.29) is 17.3 Å². The van der Waals surface area contributed by atoms with Gasteiger partial charge in [0.25, 0.3) is 0 Å². The summed E-state index contributed by atoms with van der Waals surface area (Å²) in [6.07, 6.45) is 4.08. The average molecular weight is 490 g/mol. The maximum atomic E-state index is 13.0. The molecule has 0 aromatic heterocycles. The number of aliphatic carboxylic acids is 1. The molecule has 1 aromatic carbocycles. The minimum Gasteiger partial charge on any atom is -0.490 e. The van der Waals surface area contributed by atoms with E-state index in [1.54, 1.807) is 12.1 Å². The predicted octanol–water partition coefficient (Wildman–Crippen LogP) is 4.01. The Hall–Kier alpha value is -2.61. The van der Waals surface area contributed by atoms with Crippen LogP contribution in [-0.4, -0.2) is 35.9 Å². The average Bonchev–Trinajstić information content (AvgIpc) is 2.72. The van der Waals surface area contributed by atoms with Gasteiger partial charge in [-0.1, -0.05) is 0 Å². The van der Waals surface area contributed by atoms with Gasteiger partial charge >= 0.3 is 5.97 Å². The molecule has 4 rings (SSSR count). The van der Waals surface area contributed by atoms with Gasteiger partial charge in [0.2, 0.25) is 0 Å². The summed E-state index contributed by atoms with van der Waals surface area (Å²) in [6.45, 7) is 1.67. The fourth-order valence-electron chi connectivity index (χ4n) is 4.61. The summed E-state index contributed by atoms with van der Waals surface area (Å²) in [5.74, 6) is -0.775. The lowest BCUT2D eigenvalue weighted by Crippen LogP contribution is -2.36. The quantitative estimate of drug-likeness (QED) is 0.621. The molecule has 8 heteroatoms. The van der Waals surface area contributed by atoms with E-state index in [2.05, 4.69) is 21.2 Å². The number of nitrogens with one attached hydrogen (secondary N) is 1. The normalized spacial score (nSPS) is 19.0. The van der Waals surface area contributed by atoms with Gasteiger partial charge in [-0.2, -0.15) is 0 Å². The summed E-state index contributed by atoms with van der Waals surface area (Å²) >= 11 is 3.48. The third-order valence-corrected chi connectivity index (χ3v) is 6.39. The number of ketones is 2. The highest BCUT2D eigenvalue weighted by Crippen LogP contribution is 2.48. The van der Waals surface area contributed by atoms with Gasteiger partial charge in [-0.15, -0.1) is 0 Å². The van der Waals surface area contributed by atoms with Crippen LogP contribution in [0, 0.1) is 0 Å². The standard InChI is InChI=1S/C23H24BrNO6/c1-2-30-18-10-12(9-13(24)23(18)31-11-19(28)29)20-21-14(5-3-7-16(21)26)25-15-6-4-8-17(27)22(15)20/h9-10,20,25H,2-8,11H2,1H3,(H,28,29). The molecule has 1 aliphatic heterocycles. The Balaban J connectivity index is 1.86. The molecule has 0 spiro atoms. The van der Waals surface area contributed by atoms with Crippen molar-refractivity contribution in [1.29, 1.82) is 0 Å². The fraction of sp³-hybridized carbons (Fsp3) is 0.435. The molecule has 0 fully saturated rings. The third kappa shape index (κ3) is 4.13. The molecule has 0 bridgehead atoms. The predicted molar refractivity (Wildman–Crippen MR) is 116 cm³/mol. The van der Waals surface area contributed by atoms with E-state index in [9.17, 15) is 14.4 Å². The van der Waals surface area contributed by atoms with Crippen LogP contribution in [0.5, 0.6) is 11.5 Å². The van der Waals surface area contributed by atoms with Gasteiger partial charge in [-0.3, -0.25) is 9.59 Å². The number of carbonyl (C=O) groups excluding carboxylic acids is 2. The first-order valence-electron chi connectivity index (χ1n) is 10.5. The molecule has 0 saturated carbocycles. The van der Waals surface area contributed by atoms with E-state index in [1.165, 1.54) is 0 Å². The number of carboxylic acids is 1. The molecule has 164 valence electrons. The van der Waals surface area contributed by atoms with E-state index in [1.807, 2.05) is 6.92 Å². The molecule has 1 aromatic rings. The van der Waals surface area contributed by atoms with Gasteiger partial charge < -0.3 is 19.9 Å². The maximum Gasteiger partial charge on any atom is 0.341 e. The Kier molecular flexibility index (Phi) is 6.18. The third-order valence-electron chi connectivity index (χ3n) is 5.80. The van der Waals surface area contributed by atoms with Crippen LogP contribution in [0.3, 0.4) is 0 Å². The summed E-state index contributed by atoms with van der Waals surface area (Å²) in [4.78, 5) is 36.9. The second-order valence-electron chi connectivity index (χ2n) is 7.84. The first-order valence-corrected chi connectivity index (χ1v) is 11.3. The number of rotatable bonds is 6. The molecule has 1 heterocycles. The SMILES string of the molecule is CCOc1cc(C2C3=C(CCCC3=O)NC3=C2C(=O)CCC3)cc(Br)c1OCC(=O)O. The number of allylic oxidation sites excluding steroid dienone is 4. The summed E-state index contributed by atoms with van der Waals surface area (Å²) in [7, 11) is 0. The van der Waals surface area contributed by atoms with E-state index in [0.717, 1.165) is 42.6 Å². The second-order valence-corrected chi connectivity index (χ2v) is 8.70. The van der Waals surface area contributed by atoms with Crippen LogP contribution >= 0.6 is 15.9 Å². The topological polar surface area (TPSA) is 102 Å². The maximum absolute atomic E-state index is 13.0. The molecule has 0 amide bonds. The number of carboxylic acid groups (broad SMARTS) is 1. The van der Waals surface area contributed by atoms with Crippen LogP contribution in [-0.2, 0) is 14.4 Å².